The molecule has 0 aliphatic rings. The minimum atomic E-state index is -4.78. The topological polar surface area (TPSA) is 65.3 Å². The Hall–Kier alpha value is -2.63. The summed E-state index contributed by atoms with van der Waals surface area (Å²) in [4.78, 5) is 0. The van der Waals surface area contributed by atoms with E-state index in [1.807, 2.05) is 6.07 Å². The van der Waals surface area contributed by atoms with Gasteiger partial charge in [-0.1, -0.05) is 6.07 Å². The highest BCUT2D eigenvalue weighted by molar-refractivity contribution is 5.42. The van der Waals surface area contributed by atoms with Crippen LogP contribution in [0.1, 0.15) is 22.3 Å². The van der Waals surface area contributed by atoms with E-state index in [1.54, 1.807) is 12.1 Å². The minimum absolute atomic E-state index is 0.0655. The lowest BCUT2D eigenvalue weighted by Crippen LogP contribution is -2.18. The Labute approximate surface area is 147 Å². The number of hydrogen-bond donors (Lipinski definition) is 2. The molecule has 0 spiro atoms. The van der Waals surface area contributed by atoms with Crippen molar-refractivity contribution in [2.75, 3.05) is 13.2 Å². The highest BCUT2D eigenvalue weighted by Crippen LogP contribution is 2.32. The van der Waals surface area contributed by atoms with Crippen molar-refractivity contribution in [1.29, 1.82) is 5.26 Å². The molecule has 8 heteroatoms. The van der Waals surface area contributed by atoms with E-state index in [0.717, 1.165) is 6.07 Å². The minimum Gasteiger partial charge on any atom is -0.489 e. The number of hydrogen-bond acceptors (Lipinski definition) is 4. The van der Waals surface area contributed by atoms with E-state index in [1.165, 1.54) is 12.1 Å². The fraction of sp³-hybridized carbons (Fsp3) is 0.278. The third kappa shape index (κ3) is 5.18. The van der Waals surface area contributed by atoms with E-state index in [2.05, 4.69) is 5.32 Å². The van der Waals surface area contributed by atoms with E-state index in [-0.39, 0.29) is 18.8 Å². The molecular weight excluding hydrogens is 352 g/mol. The molecule has 0 aliphatic carbocycles. The summed E-state index contributed by atoms with van der Waals surface area (Å²) >= 11 is 0. The van der Waals surface area contributed by atoms with E-state index < -0.39 is 17.6 Å². The molecule has 138 valence electrons. The normalized spacial score (nSPS) is 11.2. The summed E-state index contributed by atoms with van der Waals surface area (Å²) in [6, 6.07) is 9.33. The van der Waals surface area contributed by atoms with Gasteiger partial charge in [-0.2, -0.15) is 18.4 Å². The number of nitriles is 1. The highest BCUT2D eigenvalue weighted by Gasteiger charge is 2.34. The lowest BCUT2D eigenvalue weighted by atomic mass is 10.1. The first-order valence-corrected chi connectivity index (χ1v) is 7.68. The van der Waals surface area contributed by atoms with Crippen molar-refractivity contribution in [2.45, 2.75) is 19.3 Å². The quantitative estimate of drug-likeness (QED) is 0.581. The van der Waals surface area contributed by atoms with Crippen LogP contribution in [0.4, 0.5) is 17.6 Å². The van der Waals surface area contributed by atoms with E-state index >= 15 is 0 Å². The van der Waals surface area contributed by atoms with Gasteiger partial charge < -0.3 is 15.2 Å². The van der Waals surface area contributed by atoms with Gasteiger partial charge in [0.1, 0.15) is 18.2 Å². The number of aliphatic hydroxyl groups is 1. The first kappa shape index (κ1) is 19.7. The van der Waals surface area contributed by atoms with E-state index in [0.29, 0.717) is 36.0 Å². The van der Waals surface area contributed by atoms with Crippen molar-refractivity contribution >= 4 is 0 Å². The highest BCUT2D eigenvalue weighted by atomic mass is 19.4. The van der Waals surface area contributed by atoms with Crippen LogP contribution in [0.5, 0.6) is 5.75 Å². The molecule has 2 N–H and O–H groups in total. The average molecular weight is 368 g/mol. The van der Waals surface area contributed by atoms with Gasteiger partial charge in [-0.3, -0.25) is 0 Å². The first-order valence-electron chi connectivity index (χ1n) is 7.68. The molecule has 0 fully saturated rings. The van der Waals surface area contributed by atoms with Gasteiger partial charge in [-0.25, -0.2) is 4.39 Å². The molecule has 4 nitrogen and oxygen atoms in total. The van der Waals surface area contributed by atoms with Gasteiger partial charge in [0.2, 0.25) is 0 Å². The summed E-state index contributed by atoms with van der Waals surface area (Å²) in [5.74, 6) is -0.958. The van der Waals surface area contributed by atoms with Gasteiger partial charge in [-0.15, -0.1) is 0 Å². The summed E-state index contributed by atoms with van der Waals surface area (Å²) in [5, 5.41) is 20.7. The summed E-state index contributed by atoms with van der Waals surface area (Å²) in [6.07, 6.45) is -4.78. The average Bonchev–Trinajstić information content (AvgIpc) is 2.60. The molecule has 0 heterocycles. The Morgan fingerprint density at radius 3 is 2.58 bits per heavy atom. The maximum Gasteiger partial charge on any atom is 0.419 e. The van der Waals surface area contributed by atoms with Gasteiger partial charge in [0.05, 0.1) is 23.8 Å². The van der Waals surface area contributed by atoms with Gasteiger partial charge in [-0.05, 0) is 35.9 Å². The second-order valence-corrected chi connectivity index (χ2v) is 5.44. The monoisotopic (exact) mass is 368 g/mol. The zero-order valence-electron chi connectivity index (χ0n) is 13.6. The lowest BCUT2D eigenvalue weighted by molar-refractivity contribution is -0.140. The fourth-order valence-electron chi connectivity index (χ4n) is 2.27. The molecule has 0 aromatic heterocycles. The standard InChI is InChI=1S/C18H16F4N2O2/c19-16-3-1-13(8-15(16)18(20,21)22)11-26-17-4-2-12(9-23)7-14(17)10-24-5-6-25/h1-4,7-8,24-25H,5-6,10-11H2. The zero-order chi connectivity index (χ0) is 19.2. The van der Waals surface area contributed by atoms with Gasteiger partial charge in [0.25, 0.3) is 0 Å². The maximum atomic E-state index is 13.3. The summed E-state index contributed by atoms with van der Waals surface area (Å²) in [5.41, 5.74) is -0.157. The molecule has 0 radical (unpaired) electrons. The van der Waals surface area contributed by atoms with Crippen molar-refractivity contribution in [1.82, 2.24) is 5.32 Å². The van der Waals surface area contributed by atoms with Crippen LogP contribution in [0.15, 0.2) is 36.4 Å². The predicted octanol–water partition coefficient (Wildman–Crippen LogP) is 3.38. The van der Waals surface area contributed by atoms with Crippen LogP contribution in [0.3, 0.4) is 0 Å². The van der Waals surface area contributed by atoms with Crippen molar-refractivity contribution in [3.63, 3.8) is 0 Å². The Morgan fingerprint density at radius 2 is 1.92 bits per heavy atom. The lowest BCUT2D eigenvalue weighted by Gasteiger charge is -2.14. The molecule has 0 atom stereocenters. The number of ether oxygens (including phenoxy) is 1. The number of alkyl halides is 3. The number of rotatable bonds is 7. The van der Waals surface area contributed by atoms with Gasteiger partial charge in [0, 0.05) is 18.7 Å². The molecule has 0 saturated heterocycles. The van der Waals surface area contributed by atoms with Crippen LogP contribution in [0, 0.1) is 17.1 Å². The molecule has 0 saturated carbocycles. The molecule has 0 unspecified atom stereocenters. The van der Waals surface area contributed by atoms with Crippen molar-refractivity contribution in [2.24, 2.45) is 0 Å². The van der Waals surface area contributed by atoms with Crippen LogP contribution in [-0.4, -0.2) is 18.3 Å². The maximum absolute atomic E-state index is 13.3. The van der Waals surface area contributed by atoms with Crippen molar-refractivity contribution < 1.29 is 27.4 Å². The Balaban J connectivity index is 2.17. The molecule has 2 rings (SSSR count). The molecule has 2 aromatic rings. The molecule has 26 heavy (non-hydrogen) atoms. The summed E-state index contributed by atoms with van der Waals surface area (Å²) in [6.45, 7) is 0.387. The summed E-state index contributed by atoms with van der Waals surface area (Å²) in [7, 11) is 0. The molecule has 0 amide bonds. The third-order valence-electron chi connectivity index (χ3n) is 3.52. The zero-order valence-corrected chi connectivity index (χ0v) is 13.6. The Kier molecular flexibility index (Phi) is 6.55. The Morgan fingerprint density at radius 1 is 1.15 bits per heavy atom. The van der Waals surface area contributed by atoms with E-state index in [9.17, 15) is 17.6 Å². The number of halogens is 4. The van der Waals surface area contributed by atoms with Crippen LogP contribution in [-0.2, 0) is 19.3 Å². The summed E-state index contributed by atoms with van der Waals surface area (Å²) < 4.78 is 57.2. The molecule has 0 aliphatic heterocycles. The van der Waals surface area contributed by atoms with Crippen LogP contribution in [0.2, 0.25) is 0 Å². The largest absolute Gasteiger partial charge is 0.489 e. The second kappa shape index (κ2) is 8.65. The molecule has 0 bridgehead atoms. The van der Waals surface area contributed by atoms with Crippen molar-refractivity contribution in [3.8, 4) is 11.8 Å². The van der Waals surface area contributed by atoms with E-state index in [4.69, 9.17) is 15.1 Å². The third-order valence-corrected chi connectivity index (χ3v) is 3.52. The van der Waals surface area contributed by atoms with Crippen LogP contribution < -0.4 is 10.1 Å². The molecule has 2 aromatic carbocycles. The van der Waals surface area contributed by atoms with Crippen molar-refractivity contribution in [3.05, 3.63) is 64.5 Å². The second-order valence-electron chi connectivity index (χ2n) is 5.44. The van der Waals surface area contributed by atoms with Crippen LogP contribution in [0.25, 0.3) is 0 Å². The SMILES string of the molecule is N#Cc1ccc(OCc2ccc(F)c(C(F)(F)F)c2)c(CNCCO)c1. The number of benzene rings is 2. The smallest absolute Gasteiger partial charge is 0.419 e. The fourth-order valence-corrected chi connectivity index (χ4v) is 2.27. The van der Waals surface area contributed by atoms with Gasteiger partial charge >= 0.3 is 6.18 Å². The van der Waals surface area contributed by atoms with Crippen LogP contribution >= 0.6 is 0 Å². The molecular formula is C18H16F4N2O2. The van der Waals surface area contributed by atoms with Gasteiger partial charge in [0.15, 0.2) is 0 Å². The number of aliphatic hydroxyl groups excluding tert-OH is 1. The predicted molar refractivity (Wildman–Crippen MR) is 85.7 cm³/mol. The first-order chi connectivity index (χ1) is 12.3. The Bertz CT molecular complexity index is 801. The number of nitrogens with zero attached hydrogens (tertiary/aromatic N) is 1. The number of nitrogens with one attached hydrogen (secondary N) is 1.